The van der Waals surface area contributed by atoms with E-state index in [0.29, 0.717) is 12.5 Å². The van der Waals surface area contributed by atoms with E-state index in [1.165, 1.54) is 19.3 Å². The van der Waals surface area contributed by atoms with Gasteiger partial charge in [-0.05, 0) is 49.1 Å². The van der Waals surface area contributed by atoms with Crippen molar-refractivity contribution in [3.05, 3.63) is 35.4 Å². The molecule has 2 aliphatic rings. The van der Waals surface area contributed by atoms with Gasteiger partial charge in [-0.3, -0.25) is 4.79 Å². The second-order valence-electron chi connectivity index (χ2n) is 6.42. The predicted octanol–water partition coefficient (Wildman–Crippen LogP) is 2.79. The summed E-state index contributed by atoms with van der Waals surface area (Å²) in [5.41, 5.74) is 2.00. The van der Waals surface area contributed by atoms with Crippen LogP contribution in [0.25, 0.3) is 0 Å². The smallest absolute Gasteiger partial charge is 0.223 e. The van der Waals surface area contributed by atoms with Crippen LogP contribution in [0.1, 0.15) is 49.8 Å². The van der Waals surface area contributed by atoms with Gasteiger partial charge in [0.15, 0.2) is 0 Å². The Bertz CT molecular complexity index is 480. The van der Waals surface area contributed by atoms with E-state index in [-0.39, 0.29) is 11.8 Å². The Morgan fingerprint density at radius 2 is 2.05 bits per heavy atom. The topological polar surface area (TPSA) is 49.3 Å². The van der Waals surface area contributed by atoms with Gasteiger partial charge in [-0.1, -0.05) is 30.7 Å². The van der Waals surface area contributed by atoms with Crippen molar-refractivity contribution < 1.29 is 9.90 Å². The molecule has 0 saturated heterocycles. The Morgan fingerprint density at radius 1 is 1.30 bits per heavy atom. The summed E-state index contributed by atoms with van der Waals surface area (Å²) in [6.45, 7) is 2.35. The Balaban J connectivity index is 1.53. The van der Waals surface area contributed by atoms with E-state index < -0.39 is 6.10 Å². The molecule has 0 heterocycles. The van der Waals surface area contributed by atoms with Crippen LogP contribution in [0.4, 0.5) is 0 Å². The first-order chi connectivity index (χ1) is 9.63. The highest BCUT2D eigenvalue weighted by molar-refractivity contribution is 5.79. The molecule has 0 radical (unpaired) electrons. The average Bonchev–Trinajstić information content (AvgIpc) is 3.08. The lowest BCUT2D eigenvalue weighted by atomic mass is 9.88. The maximum Gasteiger partial charge on any atom is 0.223 e. The van der Waals surface area contributed by atoms with Crippen molar-refractivity contribution in [3.8, 4) is 0 Å². The molecule has 3 rings (SSSR count). The molecule has 108 valence electrons. The summed E-state index contributed by atoms with van der Waals surface area (Å²) >= 11 is 0. The molecule has 0 unspecified atom stereocenters. The molecule has 0 spiro atoms. The van der Waals surface area contributed by atoms with Crippen LogP contribution in [0.2, 0.25) is 0 Å². The predicted molar refractivity (Wildman–Crippen MR) is 77.9 cm³/mol. The number of aliphatic hydroxyl groups is 1. The summed E-state index contributed by atoms with van der Waals surface area (Å²) in [7, 11) is 0. The highest BCUT2D eigenvalue weighted by atomic mass is 16.3. The number of carbonyl (C=O) groups excluding carboxylic acids is 1. The fourth-order valence-corrected chi connectivity index (χ4v) is 3.80. The largest absolute Gasteiger partial charge is 0.389 e. The summed E-state index contributed by atoms with van der Waals surface area (Å²) in [6, 6.07) is 7.79. The van der Waals surface area contributed by atoms with Gasteiger partial charge in [0, 0.05) is 12.5 Å². The lowest BCUT2D eigenvalue weighted by Crippen LogP contribution is -2.33. The Kier molecular flexibility index (Phi) is 3.79. The monoisotopic (exact) mass is 273 g/mol. The quantitative estimate of drug-likeness (QED) is 0.886. The third-order valence-corrected chi connectivity index (χ3v) is 5.00. The zero-order chi connectivity index (χ0) is 14.1. The van der Waals surface area contributed by atoms with E-state index in [2.05, 4.69) is 5.32 Å². The molecule has 20 heavy (non-hydrogen) atoms. The second kappa shape index (κ2) is 5.57. The van der Waals surface area contributed by atoms with Crippen molar-refractivity contribution in [2.45, 2.75) is 45.3 Å². The first-order valence-electron chi connectivity index (χ1n) is 7.68. The normalized spacial score (nSPS) is 29.4. The molecule has 2 aliphatic carbocycles. The lowest BCUT2D eigenvalue weighted by Gasteiger charge is -2.20. The van der Waals surface area contributed by atoms with Crippen LogP contribution in [-0.4, -0.2) is 11.0 Å². The first-order valence-corrected chi connectivity index (χ1v) is 7.68. The number of nitrogens with one attached hydrogen (secondary N) is 1. The highest BCUT2D eigenvalue weighted by Crippen LogP contribution is 2.48. The number of rotatable bonds is 4. The summed E-state index contributed by atoms with van der Waals surface area (Å²) in [4.78, 5) is 12.2. The molecule has 2 saturated carbocycles. The summed E-state index contributed by atoms with van der Waals surface area (Å²) in [5.74, 6) is 1.93. The number of aliphatic hydroxyl groups excluding tert-OH is 1. The number of benzene rings is 1. The number of fused-ring (bicyclic) bond motifs is 2. The SMILES string of the molecule is C[C@H](O)c1ccc(CNC(=O)[C@H]2C[C@H]3CC[C@H]2C3)cc1. The molecule has 2 fully saturated rings. The maximum atomic E-state index is 12.2. The van der Waals surface area contributed by atoms with Crippen LogP contribution in [0, 0.1) is 17.8 Å². The molecular weight excluding hydrogens is 250 g/mol. The van der Waals surface area contributed by atoms with Crippen molar-refractivity contribution in [2.75, 3.05) is 0 Å². The van der Waals surface area contributed by atoms with Gasteiger partial charge in [-0.2, -0.15) is 0 Å². The van der Waals surface area contributed by atoms with Crippen LogP contribution < -0.4 is 5.32 Å². The zero-order valence-electron chi connectivity index (χ0n) is 12.0. The summed E-state index contributed by atoms with van der Waals surface area (Å²) in [5, 5.41) is 12.5. The fourth-order valence-electron chi connectivity index (χ4n) is 3.80. The number of hydrogen-bond acceptors (Lipinski definition) is 2. The minimum absolute atomic E-state index is 0.233. The molecule has 2 bridgehead atoms. The van der Waals surface area contributed by atoms with E-state index in [9.17, 15) is 9.90 Å². The van der Waals surface area contributed by atoms with Crippen molar-refractivity contribution in [1.29, 1.82) is 0 Å². The van der Waals surface area contributed by atoms with Gasteiger partial charge in [0.1, 0.15) is 0 Å². The van der Waals surface area contributed by atoms with Gasteiger partial charge in [0.2, 0.25) is 5.91 Å². The zero-order valence-corrected chi connectivity index (χ0v) is 12.0. The van der Waals surface area contributed by atoms with Crippen molar-refractivity contribution in [2.24, 2.45) is 17.8 Å². The van der Waals surface area contributed by atoms with Gasteiger partial charge in [-0.25, -0.2) is 0 Å². The molecule has 1 amide bonds. The van der Waals surface area contributed by atoms with E-state index in [0.717, 1.165) is 23.5 Å². The van der Waals surface area contributed by atoms with Crippen LogP contribution in [0.5, 0.6) is 0 Å². The van der Waals surface area contributed by atoms with Crippen LogP contribution in [0.15, 0.2) is 24.3 Å². The Hall–Kier alpha value is -1.35. The van der Waals surface area contributed by atoms with Gasteiger partial charge in [0.25, 0.3) is 0 Å². The molecule has 2 N–H and O–H groups in total. The van der Waals surface area contributed by atoms with Crippen LogP contribution in [-0.2, 0) is 11.3 Å². The van der Waals surface area contributed by atoms with Crippen molar-refractivity contribution in [1.82, 2.24) is 5.32 Å². The number of hydrogen-bond donors (Lipinski definition) is 2. The highest BCUT2D eigenvalue weighted by Gasteiger charge is 2.42. The first kappa shape index (κ1) is 13.6. The minimum Gasteiger partial charge on any atom is -0.389 e. The Morgan fingerprint density at radius 3 is 2.60 bits per heavy atom. The molecule has 1 aromatic rings. The Labute approximate surface area is 120 Å². The van der Waals surface area contributed by atoms with E-state index in [1.807, 2.05) is 24.3 Å². The van der Waals surface area contributed by atoms with E-state index in [1.54, 1.807) is 6.92 Å². The van der Waals surface area contributed by atoms with Crippen molar-refractivity contribution in [3.63, 3.8) is 0 Å². The molecule has 3 heteroatoms. The molecule has 0 aliphatic heterocycles. The lowest BCUT2D eigenvalue weighted by molar-refractivity contribution is -0.126. The van der Waals surface area contributed by atoms with Gasteiger partial charge in [0.05, 0.1) is 6.10 Å². The molecule has 1 aromatic carbocycles. The van der Waals surface area contributed by atoms with E-state index in [4.69, 9.17) is 0 Å². The van der Waals surface area contributed by atoms with E-state index >= 15 is 0 Å². The summed E-state index contributed by atoms with van der Waals surface area (Å²) < 4.78 is 0. The van der Waals surface area contributed by atoms with Crippen molar-refractivity contribution >= 4 is 5.91 Å². The molecule has 3 nitrogen and oxygen atoms in total. The molecular formula is C17H23NO2. The van der Waals surface area contributed by atoms with Gasteiger partial charge >= 0.3 is 0 Å². The third-order valence-electron chi connectivity index (χ3n) is 5.00. The second-order valence-corrected chi connectivity index (χ2v) is 6.42. The molecule has 4 atom stereocenters. The van der Waals surface area contributed by atoms with Gasteiger partial charge in [-0.15, -0.1) is 0 Å². The summed E-state index contributed by atoms with van der Waals surface area (Å²) in [6.07, 6.45) is 4.49. The maximum absolute atomic E-state index is 12.2. The number of amides is 1. The molecule has 0 aromatic heterocycles. The number of carbonyl (C=O) groups is 1. The fraction of sp³-hybridized carbons (Fsp3) is 0.588. The minimum atomic E-state index is -0.437. The third kappa shape index (κ3) is 2.73. The van der Waals surface area contributed by atoms with Crippen LogP contribution in [0.3, 0.4) is 0 Å². The average molecular weight is 273 g/mol. The van der Waals surface area contributed by atoms with Gasteiger partial charge < -0.3 is 10.4 Å². The standard InChI is InChI=1S/C17H23NO2/c1-11(19)14-5-2-12(3-6-14)10-18-17(20)16-9-13-4-7-15(16)8-13/h2-3,5-6,11,13,15-16,19H,4,7-10H2,1H3,(H,18,20)/t11-,13-,15-,16-/m0/s1. The van der Waals surface area contributed by atoms with Crippen LogP contribution >= 0.6 is 0 Å².